The molecular weight excluding hydrogens is 438 g/mol. The van der Waals surface area contributed by atoms with Crippen molar-refractivity contribution in [2.45, 2.75) is 13.8 Å². The van der Waals surface area contributed by atoms with Gasteiger partial charge in [0.1, 0.15) is 5.56 Å². The number of likely N-dealkylation sites (N-methyl/N-ethyl adjacent to an activating group) is 1. The number of nitro benzene ring substituents is 1. The van der Waals surface area contributed by atoms with Crippen LogP contribution in [-0.4, -0.2) is 48.7 Å². The highest BCUT2D eigenvalue weighted by molar-refractivity contribution is 7.22. The zero-order valence-corrected chi connectivity index (χ0v) is 18.5. The van der Waals surface area contributed by atoms with E-state index >= 15 is 0 Å². The Labute approximate surface area is 187 Å². The molecule has 0 radical (unpaired) electrons. The number of carbonyl (C=O) groups is 2. The molecule has 1 heterocycles. The van der Waals surface area contributed by atoms with Gasteiger partial charge in [-0.05, 0) is 26.0 Å². The van der Waals surface area contributed by atoms with Crippen LogP contribution in [0.3, 0.4) is 0 Å². The minimum Gasteiger partial charge on any atom is -0.493 e. The molecule has 1 amide bonds. The van der Waals surface area contributed by atoms with Crippen LogP contribution in [0, 0.1) is 10.1 Å². The second-order valence-corrected chi connectivity index (χ2v) is 7.40. The van der Waals surface area contributed by atoms with E-state index in [4.69, 9.17) is 14.2 Å². The van der Waals surface area contributed by atoms with Gasteiger partial charge < -0.3 is 14.2 Å². The van der Waals surface area contributed by atoms with Crippen molar-refractivity contribution >= 4 is 44.2 Å². The number of benzene rings is 2. The molecule has 168 valence electrons. The summed E-state index contributed by atoms with van der Waals surface area (Å²) in [6, 6.07) is 9.73. The molecule has 0 saturated heterocycles. The lowest BCUT2D eigenvalue weighted by molar-refractivity contribution is -0.385. The summed E-state index contributed by atoms with van der Waals surface area (Å²) in [6.45, 7) is 3.45. The molecule has 0 aliphatic carbocycles. The van der Waals surface area contributed by atoms with Gasteiger partial charge >= 0.3 is 5.97 Å². The number of para-hydroxylation sites is 1. The number of nitrogens with zero attached hydrogens (tertiary/aromatic N) is 3. The van der Waals surface area contributed by atoms with Crippen LogP contribution in [0.25, 0.3) is 10.2 Å². The Morgan fingerprint density at radius 2 is 1.94 bits per heavy atom. The average Bonchev–Trinajstić information content (AvgIpc) is 3.21. The summed E-state index contributed by atoms with van der Waals surface area (Å²) < 4.78 is 16.5. The number of methoxy groups -OCH3 is 1. The number of amides is 1. The van der Waals surface area contributed by atoms with Crippen LogP contribution >= 0.6 is 11.3 Å². The summed E-state index contributed by atoms with van der Waals surface area (Å²) in [5.41, 5.74) is -0.0933. The molecule has 0 bridgehead atoms. The van der Waals surface area contributed by atoms with Gasteiger partial charge in [-0.25, -0.2) is 9.78 Å². The number of anilines is 1. The van der Waals surface area contributed by atoms with Crippen molar-refractivity contribution in [2.75, 3.05) is 31.8 Å². The minimum absolute atomic E-state index is 0.127. The molecule has 0 aliphatic heterocycles. The lowest BCUT2D eigenvalue weighted by Crippen LogP contribution is -2.34. The maximum atomic E-state index is 12.7. The fraction of sp³-hybridized carbons (Fsp3) is 0.286. The van der Waals surface area contributed by atoms with Crippen LogP contribution in [-0.2, 0) is 9.53 Å². The predicted molar refractivity (Wildman–Crippen MR) is 119 cm³/mol. The number of ether oxygens (including phenoxy) is 3. The first-order valence-electron chi connectivity index (χ1n) is 9.71. The predicted octanol–water partition coefficient (Wildman–Crippen LogP) is 3.82. The van der Waals surface area contributed by atoms with Gasteiger partial charge in [-0.2, -0.15) is 0 Å². The first-order valence-corrected chi connectivity index (χ1v) is 10.5. The Bertz CT molecular complexity index is 1130. The zero-order chi connectivity index (χ0) is 23.3. The highest BCUT2D eigenvalue weighted by atomic mass is 32.1. The standard InChI is InChI=1S/C21H21N3O7S/c1-4-23(21-22-14-8-6-7-9-18(14)32-21)19(25)12-31-20(26)13-10-16(29-3)17(30-5-2)11-15(13)24(27)28/h6-11H,4-5,12H2,1-3H3. The fourth-order valence-electron chi connectivity index (χ4n) is 2.97. The van der Waals surface area contributed by atoms with Gasteiger partial charge in [0, 0.05) is 12.6 Å². The van der Waals surface area contributed by atoms with Crippen LogP contribution in [0.5, 0.6) is 11.5 Å². The summed E-state index contributed by atoms with van der Waals surface area (Å²) in [5.74, 6) is -1.25. The molecule has 32 heavy (non-hydrogen) atoms. The maximum Gasteiger partial charge on any atom is 0.345 e. The largest absolute Gasteiger partial charge is 0.493 e. The number of hydrogen-bond donors (Lipinski definition) is 0. The molecule has 0 aliphatic rings. The van der Waals surface area contributed by atoms with Crippen LogP contribution in [0.4, 0.5) is 10.8 Å². The third-order valence-corrected chi connectivity index (χ3v) is 5.52. The van der Waals surface area contributed by atoms with E-state index in [0.29, 0.717) is 11.7 Å². The molecule has 11 heteroatoms. The van der Waals surface area contributed by atoms with Gasteiger partial charge in [0.25, 0.3) is 11.6 Å². The highest BCUT2D eigenvalue weighted by Gasteiger charge is 2.27. The molecule has 2 aromatic carbocycles. The lowest BCUT2D eigenvalue weighted by Gasteiger charge is -2.17. The highest BCUT2D eigenvalue weighted by Crippen LogP contribution is 2.35. The molecule has 0 N–H and O–H groups in total. The van der Waals surface area contributed by atoms with Gasteiger partial charge in [-0.15, -0.1) is 0 Å². The molecule has 0 unspecified atom stereocenters. The van der Waals surface area contributed by atoms with Crippen molar-refractivity contribution in [3.63, 3.8) is 0 Å². The van der Waals surface area contributed by atoms with Crippen molar-refractivity contribution in [3.05, 3.63) is 52.1 Å². The van der Waals surface area contributed by atoms with Crippen molar-refractivity contribution in [1.82, 2.24) is 4.98 Å². The molecule has 3 aromatic rings. The SMILES string of the molecule is CCOc1cc([N+](=O)[O-])c(C(=O)OCC(=O)N(CC)c2nc3ccccc3s2)cc1OC. The summed E-state index contributed by atoms with van der Waals surface area (Å²) in [5, 5.41) is 11.9. The van der Waals surface area contributed by atoms with Crippen molar-refractivity contribution in [1.29, 1.82) is 0 Å². The van der Waals surface area contributed by atoms with Crippen LogP contribution < -0.4 is 14.4 Å². The molecule has 0 atom stereocenters. The Kier molecular flexibility index (Phi) is 7.21. The molecule has 0 fully saturated rings. The van der Waals surface area contributed by atoms with E-state index in [1.807, 2.05) is 24.3 Å². The number of nitro groups is 1. The lowest BCUT2D eigenvalue weighted by atomic mass is 10.1. The fourth-order valence-corrected chi connectivity index (χ4v) is 4.01. The summed E-state index contributed by atoms with van der Waals surface area (Å²) >= 11 is 1.34. The molecule has 3 rings (SSSR count). The van der Waals surface area contributed by atoms with E-state index in [0.717, 1.165) is 16.3 Å². The number of fused-ring (bicyclic) bond motifs is 1. The van der Waals surface area contributed by atoms with Gasteiger partial charge in [0.2, 0.25) is 0 Å². The summed E-state index contributed by atoms with van der Waals surface area (Å²) in [7, 11) is 1.35. The van der Waals surface area contributed by atoms with E-state index < -0.39 is 29.1 Å². The smallest absolute Gasteiger partial charge is 0.345 e. The molecule has 0 saturated carbocycles. The first-order chi connectivity index (χ1) is 15.4. The van der Waals surface area contributed by atoms with Crippen LogP contribution in [0.15, 0.2) is 36.4 Å². The van der Waals surface area contributed by atoms with Crippen molar-refractivity contribution in [3.8, 4) is 11.5 Å². The topological polar surface area (TPSA) is 121 Å². The molecule has 0 spiro atoms. The number of aromatic nitrogens is 1. The van der Waals surface area contributed by atoms with E-state index in [9.17, 15) is 19.7 Å². The summed E-state index contributed by atoms with van der Waals surface area (Å²) in [6.07, 6.45) is 0. The van der Waals surface area contributed by atoms with Crippen molar-refractivity contribution in [2.24, 2.45) is 0 Å². The van der Waals surface area contributed by atoms with E-state index in [1.165, 1.54) is 29.4 Å². The Hall–Kier alpha value is -3.73. The molecule has 10 nitrogen and oxygen atoms in total. The molecule has 1 aromatic heterocycles. The Balaban J connectivity index is 1.79. The van der Waals surface area contributed by atoms with E-state index in [2.05, 4.69) is 4.98 Å². The van der Waals surface area contributed by atoms with Gasteiger partial charge in [0.05, 0.1) is 34.9 Å². The maximum absolute atomic E-state index is 12.7. The minimum atomic E-state index is -1.02. The number of rotatable bonds is 9. The average molecular weight is 459 g/mol. The normalized spacial score (nSPS) is 10.6. The van der Waals surface area contributed by atoms with Crippen LogP contribution in [0.2, 0.25) is 0 Å². The van der Waals surface area contributed by atoms with Gasteiger partial charge in [-0.1, -0.05) is 23.5 Å². The first kappa shape index (κ1) is 22.9. The van der Waals surface area contributed by atoms with E-state index in [-0.39, 0.29) is 23.7 Å². The quantitative estimate of drug-likeness (QED) is 0.269. The Morgan fingerprint density at radius 1 is 1.19 bits per heavy atom. The number of carbonyl (C=O) groups excluding carboxylic acids is 2. The monoisotopic (exact) mass is 459 g/mol. The summed E-state index contributed by atoms with van der Waals surface area (Å²) in [4.78, 5) is 41.9. The number of esters is 1. The van der Waals surface area contributed by atoms with Crippen LogP contribution in [0.1, 0.15) is 24.2 Å². The van der Waals surface area contributed by atoms with Gasteiger partial charge in [-0.3, -0.25) is 19.8 Å². The number of thiazole rings is 1. The van der Waals surface area contributed by atoms with E-state index in [1.54, 1.807) is 13.8 Å². The second-order valence-electron chi connectivity index (χ2n) is 6.39. The number of hydrogen-bond acceptors (Lipinski definition) is 9. The second kappa shape index (κ2) is 10.1. The third-order valence-electron chi connectivity index (χ3n) is 4.46. The Morgan fingerprint density at radius 3 is 2.56 bits per heavy atom. The third kappa shape index (κ3) is 4.78. The van der Waals surface area contributed by atoms with Gasteiger partial charge in [0.15, 0.2) is 23.2 Å². The zero-order valence-electron chi connectivity index (χ0n) is 17.7. The molecular formula is C21H21N3O7S. The van der Waals surface area contributed by atoms with Crippen molar-refractivity contribution < 1.29 is 28.7 Å².